The maximum atomic E-state index is 11.5. The number of carboxylic acid groups (broad SMARTS) is 1. The van der Waals surface area contributed by atoms with Crippen LogP contribution in [0, 0.1) is 5.92 Å². The van der Waals surface area contributed by atoms with Gasteiger partial charge in [-0.1, -0.05) is 26.7 Å². The summed E-state index contributed by atoms with van der Waals surface area (Å²) in [7, 11) is 1.53. The van der Waals surface area contributed by atoms with E-state index in [0.29, 0.717) is 12.3 Å². The quantitative estimate of drug-likeness (QED) is 0.705. The van der Waals surface area contributed by atoms with E-state index in [4.69, 9.17) is 5.11 Å². The minimum absolute atomic E-state index is 0.0823. The highest BCUT2D eigenvalue weighted by Gasteiger charge is 2.15. The van der Waals surface area contributed by atoms with Crippen molar-refractivity contribution in [2.75, 3.05) is 13.6 Å². The number of hydrogen-bond donors (Lipinski definition) is 1. The smallest absolute Gasteiger partial charge is 0.323 e. The van der Waals surface area contributed by atoms with E-state index in [1.165, 1.54) is 11.9 Å². The van der Waals surface area contributed by atoms with Gasteiger partial charge in [-0.15, -0.1) is 0 Å². The molecule has 0 spiro atoms. The number of hydrogen-bond acceptors (Lipinski definition) is 2. The maximum Gasteiger partial charge on any atom is 0.323 e. The van der Waals surface area contributed by atoms with Crippen LogP contribution in [0.1, 0.15) is 33.1 Å². The molecule has 0 aliphatic carbocycles. The molecule has 0 saturated carbocycles. The van der Waals surface area contributed by atoms with Gasteiger partial charge in [-0.2, -0.15) is 0 Å². The number of likely N-dealkylation sites (N-methyl/N-ethyl adjacent to an activating group) is 1. The van der Waals surface area contributed by atoms with Crippen molar-refractivity contribution in [3.8, 4) is 0 Å². The van der Waals surface area contributed by atoms with Crippen LogP contribution in [0.5, 0.6) is 0 Å². The van der Waals surface area contributed by atoms with Gasteiger partial charge in [0.1, 0.15) is 6.54 Å². The second-order valence-corrected chi connectivity index (χ2v) is 3.53. The van der Waals surface area contributed by atoms with Gasteiger partial charge in [-0.25, -0.2) is 0 Å². The summed E-state index contributed by atoms with van der Waals surface area (Å²) in [5, 5.41) is 8.49. The van der Waals surface area contributed by atoms with Crippen LogP contribution >= 0.6 is 0 Å². The van der Waals surface area contributed by atoms with Gasteiger partial charge < -0.3 is 10.0 Å². The van der Waals surface area contributed by atoms with Crippen molar-refractivity contribution in [1.29, 1.82) is 0 Å². The van der Waals surface area contributed by atoms with Gasteiger partial charge in [0.05, 0.1) is 0 Å². The Kier molecular flexibility index (Phi) is 5.92. The lowest BCUT2D eigenvalue weighted by atomic mass is 9.99. The Balaban J connectivity index is 3.99. The topological polar surface area (TPSA) is 57.6 Å². The first kappa shape index (κ1) is 12.9. The lowest BCUT2D eigenvalue weighted by Crippen LogP contribution is -2.32. The van der Waals surface area contributed by atoms with Crippen LogP contribution in [-0.4, -0.2) is 35.5 Å². The number of amides is 1. The molecule has 0 aliphatic rings. The van der Waals surface area contributed by atoms with Crippen molar-refractivity contribution >= 4 is 11.9 Å². The minimum atomic E-state index is -0.967. The number of carbonyl (C=O) groups excluding carboxylic acids is 1. The van der Waals surface area contributed by atoms with E-state index < -0.39 is 5.97 Å². The van der Waals surface area contributed by atoms with Crippen LogP contribution in [-0.2, 0) is 9.59 Å². The van der Waals surface area contributed by atoms with E-state index in [2.05, 4.69) is 0 Å². The van der Waals surface area contributed by atoms with Gasteiger partial charge >= 0.3 is 5.97 Å². The number of rotatable bonds is 6. The Labute approximate surface area is 84.9 Å². The van der Waals surface area contributed by atoms with Gasteiger partial charge in [0.2, 0.25) is 5.91 Å². The van der Waals surface area contributed by atoms with Gasteiger partial charge in [-0.3, -0.25) is 9.59 Å². The summed E-state index contributed by atoms with van der Waals surface area (Å²) in [4.78, 5) is 23.1. The molecule has 4 heteroatoms. The summed E-state index contributed by atoms with van der Waals surface area (Å²) in [5.41, 5.74) is 0. The molecule has 0 fully saturated rings. The van der Waals surface area contributed by atoms with Gasteiger partial charge in [0, 0.05) is 13.5 Å². The second-order valence-electron chi connectivity index (χ2n) is 3.53. The number of nitrogens with zero attached hydrogens (tertiary/aromatic N) is 1. The SMILES string of the molecule is CCC(CC)CC(=O)N(C)CC(=O)O. The number of carboxylic acids is 1. The molecule has 1 amide bonds. The maximum absolute atomic E-state index is 11.5. The molecule has 14 heavy (non-hydrogen) atoms. The molecule has 0 unspecified atom stereocenters. The second kappa shape index (κ2) is 6.40. The third-order valence-corrected chi connectivity index (χ3v) is 2.42. The van der Waals surface area contributed by atoms with Crippen LogP contribution in [0.4, 0.5) is 0 Å². The number of carbonyl (C=O) groups is 2. The summed E-state index contributed by atoms with van der Waals surface area (Å²) in [5.74, 6) is -0.676. The summed E-state index contributed by atoms with van der Waals surface area (Å²) >= 11 is 0. The lowest BCUT2D eigenvalue weighted by molar-refractivity contribution is -0.143. The van der Waals surface area contributed by atoms with Crippen LogP contribution < -0.4 is 0 Å². The zero-order chi connectivity index (χ0) is 11.1. The summed E-state index contributed by atoms with van der Waals surface area (Å²) in [6.07, 6.45) is 2.38. The third-order valence-electron chi connectivity index (χ3n) is 2.42. The molecule has 0 bridgehead atoms. The molecule has 1 N–H and O–H groups in total. The van der Waals surface area contributed by atoms with E-state index in [-0.39, 0.29) is 12.5 Å². The zero-order valence-corrected chi connectivity index (χ0v) is 9.12. The molecule has 0 radical (unpaired) electrons. The fraction of sp³-hybridized carbons (Fsp3) is 0.800. The molecule has 0 saturated heterocycles. The molecule has 82 valence electrons. The van der Waals surface area contributed by atoms with Crippen LogP contribution in [0.25, 0.3) is 0 Å². The van der Waals surface area contributed by atoms with Crippen molar-refractivity contribution in [3.05, 3.63) is 0 Å². The molecular formula is C10H19NO3. The average Bonchev–Trinajstić information content (AvgIpc) is 2.12. The van der Waals surface area contributed by atoms with Crippen LogP contribution in [0.15, 0.2) is 0 Å². The zero-order valence-electron chi connectivity index (χ0n) is 9.12. The standard InChI is InChI=1S/C10H19NO3/c1-4-8(5-2)6-9(12)11(3)7-10(13)14/h8H,4-7H2,1-3H3,(H,13,14). The molecule has 0 aromatic rings. The Morgan fingerprint density at radius 2 is 1.79 bits per heavy atom. The first-order valence-corrected chi connectivity index (χ1v) is 4.96. The van der Waals surface area contributed by atoms with E-state index in [9.17, 15) is 9.59 Å². The van der Waals surface area contributed by atoms with Crippen LogP contribution in [0.3, 0.4) is 0 Å². The highest BCUT2D eigenvalue weighted by atomic mass is 16.4. The molecule has 0 rings (SSSR count). The summed E-state index contributed by atoms with van der Waals surface area (Å²) in [6.45, 7) is 3.87. The Morgan fingerprint density at radius 1 is 1.29 bits per heavy atom. The molecule has 0 aliphatic heterocycles. The van der Waals surface area contributed by atoms with Crippen LogP contribution in [0.2, 0.25) is 0 Å². The number of aliphatic carboxylic acids is 1. The predicted octanol–water partition coefficient (Wildman–Crippen LogP) is 1.36. The molecule has 0 aromatic carbocycles. The summed E-state index contributed by atoms with van der Waals surface area (Å²) < 4.78 is 0. The van der Waals surface area contributed by atoms with E-state index in [1.807, 2.05) is 13.8 Å². The van der Waals surface area contributed by atoms with Gasteiger partial charge in [0.15, 0.2) is 0 Å². The highest BCUT2D eigenvalue weighted by molar-refractivity contribution is 5.81. The molecule has 0 heterocycles. The van der Waals surface area contributed by atoms with E-state index >= 15 is 0 Å². The van der Waals surface area contributed by atoms with Crippen molar-refractivity contribution < 1.29 is 14.7 Å². The van der Waals surface area contributed by atoms with Crippen molar-refractivity contribution in [3.63, 3.8) is 0 Å². The van der Waals surface area contributed by atoms with Crippen molar-refractivity contribution in [2.45, 2.75) is 33.1 Å². The first-order valence-electron chi connectivity index (χ1n) is 4.96. The fourth-order valence-corrected chi connectivity index (χ4v) is 1.27. The van der Waals surface area contributed by atoms with Gasteiger partial charge in [0.25, 0.3) is 0 Å². The van der Waals surface area contributed by atoms with Gasteiger partial charge in [-0.05, 0) is 5.92 Å². The monoisotopic (exact) mass is 201 g/mol. The molecule has 0 aromatic heterocycles. The van der Waals surface area contributed by atoms with Crippen molar-refractivity contribution in [2.24, 2.45) is 5.92 Å². The molecule has 4 nitrogen and oxygen atoms in total. The van der Waals surface area contributed by atoms with E-state index in [1.54, 1.807) is 0 Å². The largest absolute Gasteiger partial charge is 0.480 e. The Bertz CT molecular complexity index is 200. The predicted molar refractivity (Wildman–Crippen MR) is 54.0 cm³/mol. The Morgan fingerprint density at radius 3 is 2.14 bits per heavy atom. The average molecular weight is 201 g/mol. The highest BCUT2D eigenvalue weighted by Crippen LogP contribution is 2.13. The molecule has 0 atom stereocenters. The first-order chi connectivity index (χ1) is 6.51. The fourth-order valence-electron chi connectivity index (χ4n) is 1.27. The normalized spacial score (nSPS) is 10.3. The van der Waals surface area contributed by atoms with Crippen molar-refractivity contribution in [1.82, 2.24) is 4.90 Å². The Hall–Kier alpha value is -1.06. The third kappa shape index (κ3) is 4.84. The minimum Gasteiger partial charge on any atom is -0.480 e. The molecular weight excluding hydrogens is 182 g/mol. The summed E-state index contributed by atoms with van der Waals surface area (Å²) in [6, 6.07) is 0. The van der Waals surface area contributed by atoms with E-state index in [0.717, 1.165) is 12.8 Å². The lowest BCUT2D eigenvalue weighted by Gasteiger charge is -2.18.